The van der Waals surface area contributed by atoms with Crippen molar-refractivity contribution < 1.29 is 4.74 Å². The molecule has 0 radical (unpaired) electrons. The summed E-state index contributed by atoms with van der Waals surface area (Å²) < 4.78 is 5.58. The maximum Gasteiger partial charge on any atom is 0.0586 e. The van der Waals surface area contributed by atoms with Gasteiger partial charge in [-0.3, -0.25) is 4.90 Å². The minimum Gasteiger partial charge on any atom is -0.381 e. The highest BCUT2D eigenvalue weighted by molar-refractivity contribution is 5.03. The fourth-order valence-corrected chi connectivity index (χ4v) is 4.01. The molecule has 3 aliphatic rings. The van der Waals surface area contributed by atoms with Gasteiger partial charge in [-0.25, -0.2) is 0 Å². The largest absolute Gasteiger partial charge is 0.381 e. The summed E-state index contributed by atoms with van der Waals surface area (Å²) in [5.74, 6) is 0.933. The standard InChI is InChI=1S/C15H28N2O/c1-15(12-6-7-12)11-17(9-8-16-15)13-4-3-5-14(10-13)18-2/h12-14,16H,3-11H2,1-2H3. The van der Waals surface area contributed by atoms with E-state index >= 15 is 0 Å². The zero-order chi connectivity index (χ0) is 12.6. The molecular formula is C15H28N2O. The molecule has 3 fully saturated rings. The fourth-order valence-electron chi connectivity index (χ4n) is 4.01. The summed E-state index contributed by atoms with van der Waals surface area (Å²) >= 11 is 0. The molecule has 3 heteroatoms. The Morgan fingerprint density at radius 3 is 2.78 bits per heavy atom. The van der Waals surface area contributed by atoms with E-state index in [0.29, 0.717) is 11.6 Å². The molecule has 1 N–H and O–H groups in total. The molecule has 0 aromatic carbocycles. The number of hydrogen-bond acceptors (Lipinski definition) is 3. The van der Waals surface area contributed by atoms with Gasteiger partial charge in [0.15, 0.2) is 0 Å². The lowest BCUT2D eigenvalue weighted by molar-refractivity contribution is 0.00757. The minimum atomic E-state index is 0.387. The Bertz CT molecular complexity index is 292. The molecule has 1 aliphatic heterocycles. The van der Waals surface area contributed by atoms with E-state index in [4.69, 9.17) is 4.74 Å². The molecule has 2 saturated carbocycles. The molecule has 0 aromatic rings. The summed E-state index contributed by atoms with van der Waals surface area (Å²) in [7, 11) is 1.87. The van der Waals surface area contributed by atoms with Crippen LogP contribution in [0.2, 0.25) is 0 Å². The van der Waals surface area contributed by atoms with Crippen molar-refractivity contribution in [2.75, 3.05) is 26.7 Å². The highest BCUT2D eigenvalue weighted by atomic mass is 16.5. The molecule has 0 spiro atoms. The first-order valence-corrected chi connectivity index (χ1v) is 7.73. The van der Waals surface area contributed by atoms with Gasteiger partial charge in [-0.1, -0.05) is 0 Å². The molecule has 0 amide bonds. The molecule has 1 heterocycles. The van der Waals surface area contributed by atoms with Crippen molar-refractivity contribution in [3.8, 4) is 0 Å². The minimum absolute atomic E-state index is 0.387. The molecule has 1 saturated heterocycles. The highest BCUT2D eigenvalue weighted by Gasteiger charge is 2.45. The van der Waals surface area contributed by atoms with Crippen molar-refractivity contribution >= 4 is 0 Å². The fraction of sp³-hybridized carbons (Fsp3) is 1.00. The molecule has 3 atom stereocenters. The lowest BCUT2D eigenvalue weighted by atomic mass is 9.87. The zero-order valence-electron chi connectivity index (χ0n) is 12.0. The molecule has 0 bridgehead atoms. The molecule has 3 nitrogen and oxygen atoms in total. The Labute approximate surface area is 111 Å². The van der Waals surface area contributed by atoms with Gasteiger partial charge in [0.1, 0.15) is 0 Å². The SMILES string of the molecule is COC1CCCC(N2CCNC(C)(C3CC3)C2)C1. The molecule has 0 aromatic heterocycles. The van der Waals surface area contributed by atoms with Gasteiger partial charge in [0, 0.05) is 38.3 Å². The molecule has 104 valence electrons. The Hall–Kier alpha value is -0.120. The van der Waals surface area contributed by atoms with Crippen LogP contribution in [-0.2, 0) is 4.74 Å². The van der Waals surface area contributed by atoms with Crippen molar-refractivity contribution in [1.29, 1.82) is 0 Å². The maximum atomic E-state index is 5.58. The number of rotatable bonds is 3. The van der Waals surface area contributed by atoms with E-state index in [2.05, 4.69) is 17.1 Å². The third kappa shape index (κ3) is 2.59. The predicted molar refractivity (Wildman–Crippen MR) is 73.8 cm³/mol. The van der Waals surface area contributed by atoms with Gasteiger partial charge >= 0.3 is 0 Å². The lowest BCUT2D eigenvalue weighted by Crippen LogP contribution is -2.62. The van der Waals surface area contributed by atoms with Crippen LogP contribution in [0.5, 0.6) is 0 Å². The van der Waals surface area contributed by atoms with Crippen LogP contribution in [0.25, 0.3) is 0 Å². The Morgan fingerprint density at radius 1 is 1.22 bits per heavy atom. The smallest absolute Gasteiger partial charge is 0.0586 e. The van der Waals surface area contributed by atoms with Gasteiger partial charge in [0.2, 0.25) is 0 Å². The normalized spacial score (nSPS) is 43.0. The van der Waals surface area contributed by atoms with Crippen molar-refractivity contribution in [3.05, 3.63) is 0 Å². The Morgan fingerprint density at radius 2 is 2.06 bits per heavy atom. The van der Waals surface area contributed by atoms with E-state index in [9.17, 15) is 0 Å². The van der Waals surface area contributed by atoms with Crippen molar-refractivity contribution in [2.45, 2.75) is 63.1 Å². The third-order valence-electron chi connectivity index (χ3n) is 5.39. The molecular weight excluding hydrogens is 224 g/mol. The lowest BCUT2D eigenvalue weighted by Gasteiger charge is -2.47. The molecule has 2 aliphatic carbocycles. The van der Waals surface area contributed by atoms with Gasteiger partial charge in [0.05, 0.1) is 6.10 Å². The van der Waals surface area contributed by atoms with Gasteiger partial charge in [-0.2, -0.15) is 0 Å². The average Bonchev–Trinajstić information content (AvgIpc) is 3.24. The van der Waals surface area contributed by atoms with E-state index in [1.54, 1.807) is 0 Å². The summed E-state index contributed by atoms with van der Waals surface area (Å²) in [6.07, 6.45) is 8.60. The second-order valence-corrected chi connectivity index (χ2v) is 6.77. The first-order valence-electron chi connectivity index (χ1n) is 7.73. The summed E-state index contributed by atoms with van der Waals surface area (Å²) in [5.41, 5.74) is 0.387. The highest BCUT2D eigenvalue weighted by Crippen LogP contribution is 2.41. The Kier molecular flexibility index (Phi) is 3.65. The van der Waals surface area contributed by atoms with Crippen LogP contribution in [0.4, 0.5) is 0 Å². The van der Waals surface area contributed by atoms with E-state index < -0.39 is 0 Å². The van der Waals surface area contributed by atoms with Gasteiger partial charge in [-0.15, -0.1) is 0 Å². The second-order valence-electron chi connectivity index (χ2n) is 6.77. The van der Waals surface area contributed by atoms with Crippen LogP contribution in [0.3, 0.4) is 0 Å². The van der Waals surface area contributed by atoms with Crippen LogP contribution in [-0.4, -0.2) is 49.3 Å². The zero-order valence-corrected chi connectivity index (χ0v) is 12.0. The summed E-state index contributed by atoms with van der Waals surface area (Å²) in [4.78, 5) is 2.75. The summed E-state index contributed by atoms with van der Waals surface area (Å²) in [5, 5.41) is 3.78. The van der Waals surface area contributed by atoms with Crippen LogP contribution < -0.4 is 5.32 Å². The van der Waals surface area contributed by atoms with Crippen LogP contribution in [0.15, 0.2) is 0 Å². The maximum absolute atomic E-state index is 5.58. The van der Waals surface area contributed by atoms with Crippen molar-refractivity contribution in [1.82, 2.24) is 10.2 Å². The van der Waals surface area contributed by atoms with E-state index in [1.165, 1.54) is 58.2 Å². The van der Waals surface area contributed by atoms with Crippen molar-refractivity contribution in [3.63, 3.8) is 0 Å². The third-order valence-corrected chi connectivity index (χ3v) is 5.39. The topological polar surface area (TPSA) is 24.5 Å². The number of ether oxygens (including phenoxy) is 1. The van der Waals surface area contributed by atoms with Gasteiger partial charge < -0.3 is 10.1 Å². The van der Waals surface area contributed by atoms with E-state index in [0.717, 1.165) is 12.0 Å². The van der Waals surface area contributed by atoms with E-state index in [1.807, 2.05) is 7.11 Å². The number of hydrogen-bond donors (Lipinski definition) is 1. The van der Waals surface area contributed by atoms with Gasteiger partial charge in [-0.05, 0) is 51.4 Å². The van der Waals surface area contributed by atoms with Crippen molar-refractivity contribution in [2.24, 2.45) is 5.92 Å². The molecule has 18 heavy (non-hydrogen) atoms. The summed E-state index contributed by atoms with van der Waals surface area (Å²) in [6, 6.07) is 0.767. The van der Waals surface area contributed by atoms with E-state index in [-0.39, 0.29) is 0 Å². The van der Waals surface area contributed by atoms with Crippen LogP contribution in [0.1, 0.15) is 45.4 Å². The molecule has 3 unspecified atom stereocenters. The quantitative estimate of drug-likeness (QED) is 0.831. The number of nitrogens with one attached hydrogen (secondary N) is 1. The first kappa shape index (κ1) is 12.9. The first-order chi connectivity index (χ1) is 8.71. The number of piperazine rings is 1. The van der Waals surface area contributed by atoms with Crippen LogP contribution >= 0.6 is 0 Å². The average molecular weight is 252 g/mol. The van der Waals surface area contributed by atoms with Crippen LogP contribution in [0, 0.1) is 5.92 Å². The molecule has 3 rings (SSSR count). The monoisotopic (exact) mass is 252 g/mol. The second kappa shape index (κ2) is 5.10. The number of methoxy groups -OCH3 is 1. The summed E-state index contributed by atoms with van der Waals surface area (Å²) in [6.45, 7) is 6.08. The predicted octanol–water partition coefficient (Wildman–Crippen LogP) is 2.02. The number of nitrogens with zero attached hydrogens (tertiary/aromatic N) is 1. The Balaban J connectivity index is 1.61. The van der Waals surface area contributed by atoms with Gasteiger partial charge in [0.25, 0.3) is 0 Å².